The number of ether oxygens (including phenoxy) is 2. The summed E-state index contributed by atoms with van der Waals surface area (Å²) in [5, 5.41) is 7.27. The number of hydrogen-bond acceptors (Lipinski definition) is 4. The molecular formula is C20H21N3O3. The topological polar surface area (TPSA) is 65.4 Å². The minimum Gasteiger partial charge on any atom is -0.497 e. The van der Waals surface area contributed by atoms with Gasteiger partial charge >= 0.3 is 0 Å². The van der Waals surface area contributed by atoms with Crippen LogP contribution in [0.2, 0.25) is 0 Å². The Morgan fingerprint density at radius 2 is 1.85 bits per heavy atom. The van der Waals surface area contributed by atoms with Gasteiger partial charge in [0.2, 0.25) is 0 Å². The lowest BCUT2D eigenvalue weighted by atomic mass is 10.1. The summed E-state index contributed by atoms with van der Waals surface area (Å²) in [5.41, 5.74) is 2.10. The van der Waals surface area contributed by atoms with Crippen molar-refractivity contribution in [3.05, 3.63) is 66.4 Å². The second-order valence-corrected chi connectivity index (χ2v) is 5.69. The molecule has 0 radical (unpaired) electrons. The Morgan fingerprint density at radius 1 is 1.08 bits per heavy atom. The number of carbonyl (C=O) groups is 1. The lowest BCUT2D eigenvalue weighted by Crippen LogP contribution is -2.29. The van der Waals surface area contributed by atoms with Gasteiger partial charge in [-0.1, -0.05) is 30.3 Å². The van der Waals surface area contributed by atoms with Crippen LogP contribution < -0.4 is 14.8 Å². The van der Waals surface area contributed by atoms with E-state index >= 15 is 0 Å². The second kappa shape index (κ2) is 8.20. The Morgan fingerprint density at radius 3 is 2.62 bits per heavy atom. The van der Waals surface area contributed by atoms with Crippen molar-refractivity contribution in [2.45, 2.75) is 0 Å². The average molecular weight is 351 g/mol. The first-order valence-electron chi connectivity index (χ1n) is 8.32. The Labute approximate surface area is 152 Å². The molecule has 6 heteroatoms. The maximum atomic E-state index is 12.4. The Balaban J connectivity index is 1.60. The van der Waals surface area contributed by atoms with Crippen LogP contribution in [-0.2, 0) is 7.05 Å². The zero-order valence-electron chi connectivity index (χ0n) is 14.8. The zero-order chi connectivity index (χ0) is 18.4. The van der Waals surface area contributed by atoms with Crippen molar-refractivity contribution in [2.75, 3.05) is 20.3 Å². The maximum absolute atomic E-state index is 12.4. The Kier molecular flexibility index (Phi) is 5.53. The van der Waals surface area contributed by atoms with E-state index in [1.54, 1.807) is 24.9 Å². The molecule has 26 heavy (non-hydrogen) atoms. The van der Waals surface area contributed by atoms with Gasteiger partial charge in [-0.3, -0.25) is 9.48 Å². The van der Waals surface area contributed by atoms with Gasteiger partial charge < -0.3 is 14.8 Å². The molecule has 6 nitrogen and oxygen atoms in total. The average Bonchev–Trinajstić information content (AvgIpc) is 3.08. The molecular weight excluding hydrogens is 330 g/mol. The lowest BCUT2D eigenvalue weighted by Gasteiger charge is -2.07. The van der Waals surface area contributed by atoms with Crippen LogP contribution in [0.15, 0.2) is 60.7 Å². The van der Waals surface area contributed by atoms with E-state index in [1.165, 1.54) is 0 Å². The van der Waals surface area contributed by atoms with E-state index in [-0.39, 0.29) is 5.91 Å². The first kappa shape index (κ1) is 17.5. The number of amides is 1. The van der Waals surface area contributed by atoms with Gasteiger partial charge in [-0.05, 0) is 30.3 Å². The SMILES string of the molecule is COc1cccc(-c2cc(C(=O)NCCOc3ccccc3)n(C)n2)c1. The number of methoxy groups -OCH3 is 1. The summed E-state index contributed by atoms with van der Waals surface area (Å²) in [7, 11) is 3.37. The van der Waals surface area contributed by atoms with Gasteiger partial charge in [0, 0.05) is 12.6 Å². The Bertz CT molecular complexity index is 875. The van der Waals surface area contributed by atoms with Crippen LogP contribution >= 0.6 is 0 Å². The van der Waals surface area contributed by atoms with Crippen molar-refractivity contribution in [2.24, 2.45) is 7.05 Å². The van der Waals surface area contributed by atoms with E-state index in [0.717, 1.165) is 22.8 Å². The highest BCUT2D eigenvalue weighted by Gasteiger charge is 2.14. The smallest absolute Gasteiger partial charge is 0.269 e. The van der Waals surface area contributed by atoms with E-state index < -0.39 is 0 Å². The summed E-state index contributed by atoms with van der Waals surface area (Å²) < 4.78 is 12.4. The summed E-state index contributed by atoms with van der Waals surface area (Å²) in [6.45, 7) is 0.809. The fourth-order valence-electron chi connectivity index (χ4n) is 2.54. The van der Waals surface area contributed by atoms with E-state index in [1.807, 2.05) is 54.6 Å². The lowest BCUT2D eigenvalue weighted by molar-refractivity contribution is 0.0937. The van der Waals surface area contributed by atoms with Gasteiger partial charge in [0.15, 0.2) is 0 Å². The van der Waals surface area contributed by atoms with Crippen molar-refractivity contribution in [1.82, 2.24) is 15.1 Å². The van der Waals surface area contributed by atoms with E-state index in [0.29, 0.717) is 18.8 Å². The first-order chi connectivity index (χ1) is 12.7. The largest absolute Gasteiger partial charge is 0.497 e. The molecule has 0 bridgehead atoms. The number of nitrogens with zero attached hydrogens (tertiary/aromatic N) is 2. The molecule has 1 N–H and O–H groups in total. The van der Waals surface area contributed by atoms with Crippen LogP contribution in [0.3, 0.4) is 0 Å². The summed E-state index contributed by atoms with van der Waals surface area (Å²) in [6.07, 6.45) is 0. The molecule has 0 fully saturated rings. The molecule has 0 aliphatic heterocycles. The molecule has 0 saturated heterocycles. The molecule has 0 unspecified atom stereocenters. The van der Waals surface area contributed by atoms with Gasteiger partial charge in [0.1, 0.15) is 23.8 Å². The van der Waals surface area contributed by atoms with Crippen molar-refractivity contribution in [3.8, 4) is 22.8 Å². The number of aryl methyl sites for hydroxylation is 1. The summed E-state index contributed by atoms with van der Waals surface area (Å²) in [4.78, 5) is 12.4. The number of carbonyl (C=O) groups excluding carboxylic acids is 1. The third-order valence-corrected chi connectivity index (χ3v) is 3.88. The summed E-state index contributed by atoms with van der Waals surface area (Å²) >= 11 is 0. The van der Waals surface area contributed by atoms with Crippen LogP contribution in [0.5, 0.6) is 11.5 Å². The minimum atomic E-state index is -0.189. The molecule has 0 atom stereocenters. The van der Waals surface area contributed by atoms with Crippen molar-refractivity contribution in [3.63, 3.8) is 0 Å². The molecule has 1 aromatic heterocycles. The number of aromatic nitrogens is 2. The molecule has 0 spiro atoms. The second-order valence-electron chi connectivity index (χ2n) is 5.69. The maximum Gasteiger partial charge on any atom is 0.269 e. The van der Waals surface area contributed by atoms with E-state index in [4.69, 9.17) is 9.47 Å². The predicted molar refractivity (Wildman–Crippen MR) is 99.5 cm³/mol. The first-order valence-corrected chi connectivity index (χ1v) is 8.32. The normalized spacial score (nSPS) is 10.4. The van der Waals surface area contributed by atoms with Crippen LogP contribution in [0, 0.1) is 0 Å². The van der Waals surface area contributed by atoms with Crippen molar-refractivity contribution in [1.29, 1.82) is 0 Å². The number of nitrogens with one attached hydrogen (secondary N) is 1. The van der Waals surface area contributed by atoms with Crippen molar-refractivity contribution < 1.29 is 14.3 Å². The Hall–Kier alpha value is -3.28. The number of rotatable bonds is 7. The van der Waals surface area contributed by atoms with Gasteiger partial charge in [-0.15, -0.1) is 0 Å². The molecule has 3 aromatic rings. The zero-order valence-corrected chi connectivity index (χ0v) is 14.8. The van der Waals surface area contributed by atoms with Crippen LogP contribution in [0.1, 0.15) is 10.5 Å². The number of para-hydroxylation sites is 1. The van der Waals surface area contributed by atoms with Gasteiger partial charge in [-0.2, -0.15) is 5.10 Å². The molecule has 0 aliphatic rings. The fourth-order valence-corrected chi connectivity index (χ4v) is 2.54. The van der Waals surface area contributed by atoms with Gasteiger partial charge in [0.05, 0.1) is 19.3 Å². The molecule has 2 aromatic carbocycles. The molecule has 134 valence electrons. The predicted octanol–water partition coefficient (Wildman–Crippen LogP) is 2.90. The summed E-state index contributed by atoms with van der Waals surface area (Å²) in [6, 6.07) is 18.8. The molecule has 1 amide bonds. The number of benzene rings is 2. The fraction of sp³-hybridized carbons (Fsp3) is 0.200. The summed E-state index contributed by atoms with van der Waals surface area (Å²) in [5.74, 6) is 1.34. The van der Waals surface area contributed by atoms with Crippen LogP contribution in [-0.4, -0.2) is 35.9 Å². The minimum absolute atomic E-state index is 0.189. The van der Waals surface area contributed by atoms with E-state index in [2.05, 4.69) is 10.4 Å². The van der Waals surface area contributed by atoms with E-state index in [9.17, 15) is 4.79 Å². The highest BCUT2D eigenvalue weighted by Crippen LogP contribution is 2.23. The third-order valence-electron chi connectivity index (χ3n) is 3.88. The van der Waals surface area contributed by atoms with Gasteiger partial charge in [-0.25, -0.2) is 0 Å². The molecule has 1 heterocycles. The van der Waals surface area contributed by atoms with Crippen LogP contribution in [0.25, 0.3) is 11.3 Å². The third kappa shape index (κ3) is 4.22. The molecule has 0 saturated carbocycles. The highest BCUT2D eigenvalue weighted by molar-refractivity contribution is 5.93. The number of hydrogen-bond donors (Lipinski definition) is 1. The van der Waals surface area contributed by atoms with Gasteiger partial charge in [0.25, 0.3) is 5.91 Å². The van der Waals surface area contributed by atoms with Crippen LogP contribution in [0.4, 0.5) is 0 Å². The molecule has 3 rings (SSSR count). The standard InChI is InChI=1S/C20H21N3O3/c1-23-19(14-18(22-23)15-7-6-10-17(13-15)25-2)20(24)21-11-12-26-16-8-4-3-5-9-16/h3-10,13-14H,11-12H2,1-2H3,(H,21,24). The monoisotopic (exact) mass is 351 g/mol. The van der Waals surface area contributed by atoms with Crippen molar-refractivity contribution >= 4 is 5.91 Å². The quantitative estimate of drug-likeness (QED) is 0.665. The highest BCUT2D eigenvalue weighted by atomic mass is 16.5. The molecule has 0 aliphatic carbocycles.